The number of H-pyrrole nitrogens is 2. The Labute approximate surface area is 170 Å². The molecule has 0 saturated carbocycles. The molecule has 138 valence electrons. The van der Waals surface area contributed by atoms with Crippen LogP contribution in [0.25, 0.3) is 22.5 Å². The van der Waals surface area contributed by atoms with Crippen molar-refractivity contribution in [3.8, 4) is 23.2 Å². The Bertz CT molecular complexity index is 1470. The number of aromatic hydroxyl groups is 1. The predicted octanol–water partition coefficient (Wildman–Crippen LogP) is 2.87. The summed E-state index contributed by atoms with van der Waals surface area (Å²) >= 11 is 9.00. The van der Waals surface area contributed by atoms with E-state index in [1.54, 1.807) is 18.2 Å². The maximum absolute atomic E-state index is 13.0. The number of para-hydroxylation sites is 1. The number of halogens is 1. The van der Waals surface area contributed by atoms with Gasteiger partial charge in [-0.3, -0.25) is 19.3 Å². The first-order chi connectivity index (χ1) is 13.4. The lowest BCUT2D eigenvalue weighted by Crippen LogP contribution is -2.24. The molecular formula is C18H10BrN5O3S. The maximum atomic E-state index is 13.0. The lowest BCUT2D eigenvalue weighted by molar-refractivity contribution is 0.471. The fourth-order valence-electron chi connectivity index (χ4n) is 2.94. The number of nitrogens with one attached hydrogen (secondary N) is 2. The van der Waals surface area contributed by atoms with Crippen LogP contribution in [0, 0.1) is 16.1 Å². The minimum absolute atomic E-state index is 0.00175. The molecule has 0 radical (unpaired) electrons. The molecule has 3 N–H and O–H groups in total. The Morgan fingerprint density at radius 1 is 1.07 bits per heavy atom. The van der Waals surface area contributed by atoms with Gasteiger partial charge in [0.05, 0.1) is 23.0 Å². The van der Waals surface area contributed by atoms with Gasteiger partial charge in [-0.2, -0.15) is 5.26 Å². The number of rotatable bonds is 2. The number of aromatic nitrogens is 4. The van der Waals surface area contributed by atoms with Crippen molar-refractivity contribution in [1.82, 2.24) is 19.1 Å². The number of nitrogens with zero attached hydrogens (tertiary/aromatic N) is 3. The summed E-state index contributed by atoms with van der Waals surface area (Å²) in [4.78, 5) is 30.0. The summed E-state index contributed by atoms with van der Waals surface area (Å²) in [6, 6.07) is 13.2. The summed E-state index contributed by atoms with van der Waals surface area (Å²) < 4.78 is 3.34. The van der Waals surface area contributed by atoms with Gasteiger partial charge in [-0.05, 0) is 58.5 Å². The summed E-state index contributed by atoms with van der Waals surface area (Å²) in [5.74, 6) is -0.289. The molecule has 0 bridgehead atoms. The van der Waals surface area contributed by atoms with E-state index in [0.717, 1.165) is 4.57 Å². The maximum Gasteiger partial charge on any atom is 0.325 e. The largest absolute Gasteiger partial charge is 0.506 e. The van der Waals surface area contributed by atoms with Crippen LogP contribution in [0.3, 0.4) is 0 Å². The van der Waals surface area contributed by atoms with Gasteiger partial charge in [0, 0.05) is 4.47 Å². The number of aromatic amines is 2. The molecule has 0 spiro atoms. The summed E-state index contributed by atoms with van der Waals surface area (Å²) in [5, 5.41) is 19.4. The molecule has 0 aliphatic carbocycles. The molecule has 0 aliphatic rings. The molecule has 0 atom stereocenters. The lowest BCUT2D eigenvalue weighted by Gasteiger charge is -2.15. The Morgan fingerprint density at radius 2 is 1.82 bits per heavy atom. The smallest absolute Gasteiger partial charge is 0.325 e. The van der Waals surface area contributed by atoms with Crippen molar-refractivity contribution in [1.29, 1.82) is 5.26 Å². The van der Waals surface area contributed by atoms with E-state index in [2.05, 4.69) is 25.9 Å². The van der Waals surface area contributed by atoms with Gasteiger partial charge in [-0.25, -0.2) is 9.36 Å². The molecule has 0 aliphatic heterocycles. The van der Waals surface area contributed by atoms with Crippen LogP contribution >= 0.6 is 28.1 Å². The molecular weight excluding hydrogens is 446 g/mol. The third kappa shape index (κ3) is 2.69. The number of imidazole rings is 1. The molecule has 0 saturated heterocycles. The molecule has 2 heterocycles. The molecule has 4 rings (SSSR count). The molecule has 2 aromatic carbocycles. The Morgan fingerprint density at radius 3 is 2.50 bits per heavy atom. The highest BCUT2D eigenvalue weighted by Gasteiger charge is 2.19. The minimum Gasteiger partial charge on any atom is -0.506 e. The molecule has 0 unspecified atom stereocenters. The van der Waals surface area contributed by atoms with Crippen LogP contribution in [0.15, 0.2) is 56.5 Å². The molecule has 2 aromatic heterocycles. The number of benzene rings is 2. The highest BCUT2D eigenvalue weighted by Crippen LogP contribution is 2.26. The van der Waals surface area contributed by atoms with Gasteiger partial charge >= 0.3 is 5.69 Å². The van der Waals surface area contributed by atoms with Crippen LogP contribution in [0.5, 0.6) is 5.75 Å². The zero-order valence-electron chi connectivity index (χ0n) is 13.9. The summed E-state index contributed by atoms with van der Waals surface area (Å²) in [7, 11) is 0. The number of hydrogen-bond donors (Lipinski definition) is 3. The second-order valence-electron chi connectivity index (χ2n) is 5.83. The van der Waals surface area contributed by atoms with Crippen LogP contribution in [0.1, 0.15) is 5.56 Å². The highest BCUT2D eigenvalue weighted by atomic mass is 79.9. The fourth-order valence-corrected chi connectivity index (χ4v) is 3.77. The van der Waals surface area contributed by atoms with Gasteiger partial charge in [-0.15, -0.1) is 0 Å². The molecule has 0 amide bonds. The first-order valence-electron chi connectivity index (χ1n) is 7.91. The lowest BCUT2D eigenvalue weighted by atomic mass is 10.2. The molecule has 10 heteroatoms. The van der Waals surface area contributed by atoms with Crippen molar-refractivity contribution >= 4 is 39.3 Å². The second kappa shape index (κ2) is 6.63. The summed E-state index contributed by atoms with van der Waals surface area (Å²) in [6.45, 7) is 0. The minimum atomic E-state index is -0.610. The van der Waals surface area contributed by atoms with E-state index in [0.29, 0.717) is 10.2 Å². The van der Waals surface area contributed by atoms with E-state index in [-0.39, 0.29) is 32.9 Å². The molecule has 28 heavy (non-hydrogen) atoms. The van der Waals surface area contributed by atoms with Gasteiger partial charge in [-0.1, -0.05) is 12.1 Å². The van der Waals surface area contributed by atoms with Crippen LogP contribution in [0.2, 0.25) is 0 Å². The average Bonchev–Trinajstić information content (AvgIpc) is 3.06. The van der Waals surface area contributed by atoms with E-state index >= 15 is 0 Å². The van der Waals surface area contributed by atoms with Crippen molar-refractivity contribution in [3.63, 3.8) is 0 Å². The van der Waals surface area contributed by atoms with Gasteiger partial charge in [0.25, 0.3) is 5.56 Å². The summed E-state index contributed by atoms with van der Waals surface area (Å²) in [5.41, 5.74) is -0.0522. The number of phenols is 1. The third-order valence-electron chi connectivity index (χ3n) is 4.17. The number of fused-ring (bicyclic) bond motifs is 1. The highest BCUT2D eigenvalue weighted by molar-refractivity contribution is 9.10. The summed E-state index contributed by atoms with van der Waals surface area (Å²) in [6.07, 6.45) is 0. The Balaban J connectivity index is 2.20. The van der Waals surface area contributed by atoms with E-state index in [9.17, 15) is 14.7 Å². The van der Waals surface area contributed by atoms with Crippen molar-refractivity contribution in [2.24, 2.45) is 0 Å². The normalized spacial score (nSPS) is 10.9. The fraction of sp³-hybridized carbons (Fsp3) is 0. The van der Waals surface area contributed by atoms with Gasteiger partial charge in [0.2, 0.25) is 0 Å². The van der Waals surface area contributed by atoms with Crippen molar-refractivity contribution in [3.05, 3.63) is 78.1 Å². The Hall–Kier alpha value is -3.42. The van der Waals surface area contributed by atoms with Crippen molar-refractivity contribution in [2.45, 2.75) is 0 Å². The van der Waals surface area contributed by atoms with Crippen molar-refractivity contribution in [2.75, 3.05) is 0 Å². The number of nitriles is 1. The monoisotopic (exact) mass is 455 g/mol. The Kier molecular flexibility index (Phi) is 4.26. The standard InChI is InChI=1S/C18H10BrN5O3S/c19-10-3-1-2-4-11(10)23-15-14(21-17(27)22-15)16(26)24(18(23)28)12-6-5-9(8-20)7-13(12)25/h1-7,25H,(H2,21,22,27). The second-order valence-corrected chi connectivity index (χ2v) is 7.05. The van der Waals surface area contributed by atoms with Crippen LogP contribution in [-0.2, 0) is 0 Å². The van der Waals surface area contributed by atoms with E-state index in [1.165, 1.54) is 22.8 Å². The zero-order valence-corrected chi connectivity index (χ0v) is 16.3. The van der Waals surface area contributed by atoms with Gasteiger partial charge in [0.15, 0.2) is 15.9 Å². The quantitative estimate of drug-likeness (QED) is 0.401. The van der Waals surface area contributed by atoms with Gasteiger partial charge in [0.1, 0.15) is 5.75 Å². The van der Waals surface area contributed by atoms with Gasteiger partial charge < -0.3 is 5.11 Å². The average molecular weight is 456 g/mol. The van der Waals surface area contributed by atoms with Crippen LogP contribution in [-0.4, -0.2) is 24.2 Å². The van der Waals surface area contributed by atoms with Crippen molar-refractivity contribution < 1.29 is 5.11 Å². The predicted molar refractivity (Wildman–Crippen MR) is 109 cm³/mol. The first-order valence-corrected chi connectivity index (χ1v) is 9.11. The topological polar surface area (TPSA) is 120 Å². The first kappa shape index (κ1) is 18.0. The van der Waals surface area contributed by atoms with Crippen LogP contribution in [0.4, 0.5) is 0 Å². The van der Waals surface area contributed by atoms with E-state index < -0.39 is 11.2 Å². The molecule has 0 fully saturated rings. The number of phenolic OH excluding ortho intramolecular Hbond substituents is 1. The third-order valence-corrected chi connectivity index (χ3v) is 5.20. The van der Waals surface area contributed by atoms with Crippen LogP contribution < -0.4 is 11.2 Å². The molecule has 8 nitrogen and oxygen atoms in total. The van der Waals surface area contributed by atoms with E-state index in [4.69, 9.17) is 17.5 Å². The van der Waals surface area contributed by atoms with E-state index in [1.807, 2.05) is 12.1 Å². The SMILES string of the molecule is N#Cc1ccc(-n2c(=O)c3[nH]c(=O)[nH]c3n(-c3ccccc3Br)c2=S)c(O)c1. The zero-order chi connectivity index (χ0) is 20.0. The number of hydrogen-bond acceptors (Lipinski definition) is 5. The molecule has 4 aromatic rings.